The van der Waals surface area contributed by atoms with Gasteiger partial charge in [-0.2, -0.15) is 0 Å². The van der Waals surface area contributed by atoms with Crippen LogP contribution in [0.1, 0.15) is 13.3 Å². The zero-order chi connectivity index (χ0) is 19.8. The van der Waals surface area contributed by atoms with Crippen molar-refractivity contribution >= 4 is 16.7 Å². The highest BCUT2D eigenvalue weighted by Crippen LogP contribution is 2.27. The van der Waals surface area contributed by atoms with Gasteiger partial charge in [0, 0.05) is 0 Å². The van der Waals surface area contributed by atoms with Gasteiger partial charge < -0.3 is 19.5 Å². The number of carbonyl (C=O) groups excluding carboxylic acids is 1. The van der Waals surface area contributed by atoms with E-state index in [-0.39, 0.29) is 5.91 Å². The van der Waals surface area contributed by atoms with Gasteiger partial charge in [0.25, 0.3) is 5.91 Å². The number of hydrogen-bond acceptors (Lipinski definition) is 4. The largest absolute Gasteiger partial charge is 0.493 e. The molecule has 5 heteroatoms. The van der Waals surface area contributed by atoms with Crippen molar-refractivity contribution in [1.82, 2.24) is 5.32 Å². The summed E-state index contributed by atoms with van der Waals surface area (Å²) in [6, 6.07) is 21.4. The number of fused-ring (bicyclic) bond motifs is 1. The van der Waals surface area contributed by atoms with Crippen molar-refractivity contribution in [2.24, 2.45) is 0 Å². The number of carbonyl (C=O) groups is 1. The summed E-state index contributed by atoms with van der Waals surface area (Å²) in [4.78, 5) is 12.4. The van der Waals surface area contributed by atoms with E-state index in [0.717, 1.165) is 11.1 Å². The first-order valence-electron chi connectivity index (χ1n) is 9.40. The molecule has 0 fully saturated rings. The molecule has 146 valence electrons. The smallest absolute Gasteiger partial charge is 0.261 e. The molecule has 0 saturated carbocycles. The molecule has 1 atom stereocenters. The Balaban J connectivity index is 1.49. The van der Waals surface area contributed by atoms with Crippen LogP contribution >= 0.6 is 0 Å². The molecule has 0 aliphatic heterocycles. The van der Waals surface area contributed by atoms with Crippen LogP contribution in [0.4, 0.5) is 0 Å². The zero-order valence-corrected chi connectivity index (χ0v) is 16.2. The minimum Gasteiger partial charge on any atom is -0.493 e. The standard InChI is InChI=1S/C23H25NO4/c1-3-20(28-22-11-7-6-10-21(22)26-2)23(25)24-14-15-27-19-13-12-17-8-4-5-9-18(17)16-19/h4-13,16,20H,3,14-15H2,1-2H3,(H,24,25). The summed E-state index contributed by atoms with van der Waals surface area (Å²) in [5.41, 5.74) is 0. The second kappa shape index (κ2) is 9.65. The molecule has 0 aliphatic carbocycles. The lowest BCUT2D eigenvalue weighted by Gasteiger charge is -2.19. The van der Waals surface area contributed by atoms with Gasteiger partial charge in [-0.25, -0.2) is 0 Å². The Bertz CT molecular complexity index is 925. The van der Waals surface area contributed by atoms with Crippen LogP contribution < -0.4 is 19.5 Å². The summed E-state index contributed by atoms with van der Waals surface area (Å²) in [5, 5.41) is 5.16. The van der Waals surface area contributed by atoms with Gasteiger partial charge in [-0.05, 0) is 41.5 Å². The number of nitrogens with one attached hydrogen (secondary N) is 1. The molecule has 5 nitrogen and oxygen atoms in total. The van der Waals surface area contributed by atoms with Gasteiger partial charge >= 0.3 is 0 Å². The molecule has 0 heterocycles. The SMILES string of the molecule is CCC(Oc1ccccc1OC)C(=O)NCCOc1ccc2ccccc2c1. The topological polar surface area (TPSA) is 56.8 Å². The maximum Gasteiger partial charge on any atom is 0.261 e. The Morgan fingerprint density at radius 2 is 1.68 bits per heavy atom. The number of para-hydroxylation sites is 2. The normalized spacial score (nSPS) is 11.6. The van der Waals surface area contributed by atoms with Crippen LogP contribution in [0, 0.1) is 0 Å². The molecule has 0 spiro atoms. The molecule has 0 bridgehead atoms. The van der Waals surface area contributed by atoms with Crippen LogP contribution in [0.2, 0.25) is 0 Å². The molecule has 3 rings (SSSR count). The van der Waals surface area contributed by atoms with Gasteiger partial charge in [0.05, 0.1) is 13.7 Å². The minimum absolute atomic E-state index is 0.171. The number of benzene rings is 3. The third kappa shape index (κ3) is 4.94. The first-order chi connectivity index (χ1) is 13.7. The number of ether oxygens (including phenoxy) is 3. The molecule has 0 saturated heterocycles. The van der Waals surface area contributed by atoms with E-state index in [4.69, 9.17) is 14.2 Å². The maximum atomic E-state index is 12.4. The number of amides is 1. The van der Waals surface area contributed by atoms with Crippen LogP contribution in [0.5, 0.6) is 17.2 Å². The van der Waals surface area contributed by atoms with Crippen LogP contribution in [-0.4, -0.2) is 32.3 Å². The van der Waals surface area contributed by atoms with Crippen molar-refractivity contribution in [2.75, 3.05) is 20.3 Å². The first-order valence-corrected chi connectivity index (χ1v) is 9.40. The fourth-order valence-corrected chi connectivity index (χ4v) is 2.91. The van der Waals surface area contributed by atoms with Crippen molar-refractivity contribution in [1.29, 1.82) is 0 Å². The Kier molecular flexibility index (Phi) is 6.73. The second-order valence-corrected chi connectivity index (χ2v) is 6.31. The van der Waals surface area contributed by atoms with Crippen LogP contribution in [0.15, 0.2) is 66.7 Å². The molecular formula is C23H25NO4. The molecule has 3 aromatic rings. The number of rotatable bonds is 9. The molecule has 0 radical (unpaired) electrons. The third-order valence-corrected chi connectivity index (χ3v) is 4.39. The molecule has 1 unspecified atom stereocenters. The molecule has 28 heavy (non-hydrogen) atoms. The Morgan fingerprint density at radius 3 is 2.43 bits per heavy atom. The van der Waals surface area contributed by atoms with E-state index < -0.39 is 6.10 Å². The lowest BCUT2D eigenvalue weighted by Crippen LogP contribution is -2.39. The minimum atomic E-state index is -0.586. The predicted molar refractivity (Wildman–Crippen MR) is 110 cm³/mol. The highest BCUT2D eigenvalue weighted by Gasteiger charge is 2.19. The maximum absolute atomic E-state index is 12.4. The fraction of sp³-hybridized carbons (Fsp3) is 0.261. The lowest BCUT2D eigenvalue weighted by molar-refractivity contribution is -0.128. The van der Waals surface area contributed by atoms with Gasteiger partial charge in [0.15, 0.2) is 17.6 Å². The van der Waals surface area contributed by atoms with Gasteiger partial charge in [-0.3, -0.25) is 4.79 Å². The Labute approximate surface area is 165 Å². The molecular weight excluding hydrogens is 354 g/mol. The van der Waals surface area contributed by atoms with Gasteiger partial charge in [-0.15, -0.1) is 0 Å². The quantitative estimate of drug-likeness (QED) is 0.566. The summed E-state index contributed by atoms with van der Waals surface area (Å²) in [7, 11) is 1.58. The van der Waals surface area contributed by atoms with Gasteiger partial charge in [0.2, 0.25) is 0 Å². The Hall–Kier alpha value is -3.21. The molecule has 1 amide bonds. The van der Waals surface area contributed by atoms with Gasteiger partial charge in [0.1, 0.15) is 12.4 Å². The van der Waals surface area contributed by atoms with Crippen molar-refractivity contribution in [3.63, 3.8) is 0 Å². The van der Waals surface area contributed by atoms with E-state index in [2.05, 4.69) is 11.4 Å². The highest BCUT2D eigenvalue weighted by atomic mass is 16.5. The van der Waals surface area contributed by atoms with Crippen molar-refractivity contribution in [2.45, 2.75) is 19.4 Å². The van der Waals surface area contributed by atoms with Crippen molar-refractivity contribution in [3.05, 3.63) is 66.7 Å². The van der Waals surface area contributed by atoms with E-state index in [1.807, 2.05) is 55.5 Å². The fourth-order valence-electron chi connectivity index (χ4n) is 2.91. The summed E-state index contributed by atoms with van der Waals surface area (Å²) in [6.07, 6.45) is -0.0351. The highest BCUT2D eigenvalue weighted by molar-refractivity contribution is 5.83. The van der Waals surface area contributed by atoms with E-state index >= 15 is 0 Å². The predicted octanol–water partition coefficient (Wildman–Crippen LogP) is 4.20. The summed E-state index contributed by atoms with van der Waals surface area (Å²) in [6.45, 7) is 2.69. The second-order valence-electron chi connectivity index (χ2n) is 6.31. The average Bonchev–Trinajstić information content (AvgIpc) is 2.75. The number of hydrogen-bond donors (Lipinski definition) is 1. The van der Waals surface area contributed by atoms with Crippen molar-refractivity contribution < 1.29 is 19.0 Å². The van der Waals surface area contributed by atoms with E-state index in [1.54, 1.807) is 19.2 Å². The first kappa shape index (κ1) is 19.5. The van der Waals surface area contributed by atoms with Crippen LogP contribution in [0.3, 0.4) is 0 Å². The molecule has 3 aromatic carbocycles. The van der Waals surface area contributed by atoms with Crippen molar-refractivity contribution in [3.8, 4) is 17.2 Å². The molecule has 1 N–H and O–H groups in total. The summed E-state index contributed by atoms with van der Waals surface area (Å²) >= 11 is 0. The zero-order valence-electron chi connectivity index (χ0n) is 16.2. The molecule has 0 aromatic heterocycles. The third-order valence-electron chi connectivity index (χ3n) is 4.39. The lowest BCUT2D eigenvalue weighted by atomic mass is 10.1. The monoisotopic (exact) mass is 379 g/mol. The van der Waals surface area contributed by atoms with E-state index in [1.165, 1.54) is 5.39 Å². The van der Waals surface area contributed by atoms with E-state index in [9.17, 15) is 4.79 Å². The summed E-state index contributed by atoms with van der Waals surface area (Å²) < 4.78 is 16.9. The summed E-state index contributed by atoms with van der Waals surface area (Å²) in [5.74, 6) is 1.77. The van der Waals surface area contributed by atoms with Crippen LogP contribution in [0.25, 0.3) is 10.8 Å². The van der Waals surface area contributed by atoms with Crippen LogP contribution in [-0.2, 0) is 4.79 Å². The van der Waals surface area contributed by atoms with Gasteiger partial charge in [-0.1, -0.05) is 49.4 Å². The van der Waals surface area contributed by atoms with E-state index in [0.29, 0.717) is 31.1 Å². The number of methoxy groups -OCH3 is 1. The Morgan fingerprint density at radius 1 is 0.964 bits per heavy atom. The average molecular weight is 379 g/mol. The molecule has 0 aliphatic rings.